The standard InChI is InChI=1S/C23H30N2O2/c1-22(2,3)19-15-13-18(14-16-19)20(26)24(7)25(23(4,5)6)21(27)17-11-9-8-10-12-17/h8-16H,1-7H3. The minimum absolute atomic E-state index is 0.0220. The Kier molecular flexibility index (Phi) is 5.79. The lowest BCUT2D eigenvalue weighted by Gasteiger charge is -2.41. The van der Waals surface area contributed by atoms with Gasteiger partial charge in [-0.05, 0) is 56.0 Å². The number of hydrogen-bond acceptors (Lipinski definition) is 2. The fourth-order valence-corrected chi connectivity index (χ4v) is 2.98. The van der Waals surface area contributed by atoms with Crippen LogP contribution < -0.4 is 0 Å². The van der Waals surface area contributed by atoms with Gasteiger partial charge in [-0.2, -0.15) is 0 Å². The average Bonchev–Trinajstić information content (AvgIpc) is 2.60. The third kappa shape index (κ3) is 4.76. The minimum Gasteiger partial charge on any atom is -0.267 e. The Morgan fingerprint density at radius 1 is 0.704 bits per heavy atom. The van der Waals surface area contributed by atoms with Crippen LogP contribution in [0.15, 0.2) is 54.6 Å². The second kappa shape index (κ2) is 7.55. The molecule has 0 heterocycles. The molecule has 0 bridgehead atoms. The molecule has 0 N–H and O–H groups in total. The van der Waals surface area contributed by atoms with Crippen LogP contribution in [0.4, 0.5) is 0 Å². The van der Waals surface area contributed by atoms with Crippen LogP contribution in [0.25, 0.3) is 0 Å². The van der Waals surface area contributed by atoms with E-state index in [1.165, 1.54) is 10.0 Å². The SMILES string of the molecule is CN(C(=O)c1ccc(C(C)(C)C)cc1)N(C(=O)c1ccccc1)C(C)(C)C. The molecule has 0 aliphatic rings. The summed E-state index contributed by atoms with van der Waals surface area (Å²) < 4.78 is 0. The van der Waals surface area contributed by atoms with Crippen molar-refractivity contribution in [1.29, 1.82) is 0 Å². The Morgan fingerprint density at radius 2 is 1.19 bits per heavy atom. The zero-order valence-electron chi connectivity index (χ0n) is 17.4. The number of hydrogen-bond donors (Lipinski definition) is 0. The van der Waals surface area contributed by atoms with Gasteiger partial charge in [0.1, 0.15) is 0 Å². The molecule has 0 aliphatic heterocycles. The van der Waals surface area contributed by atoms with Crippen LogP contribution in [0, 0.1) is 0 Å². The highest BCUT2D eigenvalue weighted by Crippen LogP contribution is 2.24. The van der Waals surface area contributed by atoms with E-state index in [0.717, 1.165) is 5.56 Å². The summed E-state index contributed by atoms with van der Waals surface area (Å²) in [5.74, 6) is -0.417. The topological polar surface area (TPSA) is 40.6 Å². The van der Waals surface area contributed by atoms with Crippen LogP contribution in [-0.4, -0.2) is 34.4 Å². The molecule has 0 aromatic heterocycles. The van der Waals surface area contributed by atoms with Crippen molar-refractivity contribution < 1.29 is 9.59 Å². The highest BCUT2D eigenvalue weighted by molar-refractivity contribution is 5.99. The average molecular weight is 367 g/mol. The zero-order valence-corrected chi connectivity index (χ0v) is 17.4. The lowest BCUT2D eigenvalue weighted by Crippen LogP contribution is -2.56. The van der Waals surface area contributed by atoms with Crippen molar-refractivity contribution >= 4 is 11.8 Å². The first-order chi connectivity index (χ1) is 12.4. The van der Waals surface area contributed by atoms with Crippen molar-refractivity contribution in [2.24, 2.45) is 0 Å². The summed E-state index contributed by atoms with van der Waals surface area (Å²) in [4.78, 5) is 26.1. The molecule has 0 aliphatic carbocycles. The molecule has 2 amide bonds. The summed E-state index contributed by atoms with van der Waals surface area (Å²) in [6.07, 6.45) is 0. The predicted molar refractivity (Wildman–Crippen MR) is 110 cm³/mol. The smallest absolute Gasteiger partial charge is 0.267 e. The van der Waals surface area contributed by atoms with Gasteiger partial charge in [0.05, 0.1) is 5.54 Å². The van der Waals surface area contributed by atoms with Crippen molar-refractivity contribution in [3.63, 3.8) is 0 Å². The number of amides is 2. The van der Waals surface area contributed by atoms with E-state index in [-0.39, 0.29) is 17.2 Å². The van der Waals surface area contributed by atoms with Gasteiger partial charge in [-0.15, -0.1) is 0 Å². The van der Waals surface area contributed by atoms with Crippen molar-refractivity contribution in [3.05, 3.63) is 71.3 Å². The van der Waals surface area contributed by atoms with Gasteiger partial charge >= 0.3 is 0 Å². The summed E-state index contributed by atoms with van der Waals surface area (Å²) in [7, 11) is 1.64. The van der Waals surface area contributed by atoms with E-state index >= 15 is 0 Å². The predicted octanol–water partition coefficient (Wildman–Crippen LogP) is 4.91. The maximum absolute atomic E-state index is 13.1. The van der Waals surface area contributed by atoms with Crippen molar-refractivity contribution in [3.8, 4) is 0 Å². The lowest BCUT2D eigenvalue weighted by molar-refractivity contribution is -0.0308. The molecule has 0 unspecified atom stereocenters. The Labute approximate surface area is 162 Å². The number of carbonyl (C=O) groups excluding carboxylic acids is 2. The first-order valence-corrected chi connectivity index (χ1v) is 9.21. The summed E-state index contributed by atoms with van der Waals surface area (Å²) in [5.41, 5.74) is 1.74. The normalized spacial score (nSPS) is 11.8. The van der Waals surface area contributed by atoms with E-state index in [0.29, 0.717) is 11.1 Å². The summed E-state index contributed by atoms with van der Waals surface area (Å²) in [5, 5.41) is 2.93. The van der Waals surface area contributed by atoms with Gasteiger partial charge < -0.3 is 0 Å². The van der Waals surface area contributed by atoms with Crippen LogP contribution in [0.2, 0.25) is 0 Å². The Bertz CT molecular complexity index is 797. The molecule has 27 heavy (non-hydrogen) atoms. The van der Waals surface area contributed by atoms with Gasteiger partial charge in [-0.3, -0.25) is 9.59 Å². The molecule has 0 saturated heterocycles. The molecule has 0 spiro atoms. The molecule has 144 valence electrons. The Morgan fingerprint density at radius 3 is 1.63 bits per heavy atom. The van der Waals surface area contributed by atoms with Crippen molar-refractivity contribution in [2.45, 2.75) is 52.5 Å². The van der Waals surface area contributed by atoms with Crippen molar-refractivity contribution in [1.82, 2.24) is 10.0 Å². The van der Waals surface area contributed by atoms with E-state index in [4.69, 9.17) is 0 Å². The van der Waals surface area contributed by atoms with Crippen LogP contribution in [0.5, 0.6) is 0 Å². The van der Waals surface area contributed by atoms with Gasteiger partial charge in [0.25, 0.3) is 11.8 Å². The second-order valence-corrected chi connectivity index (χ2v) is 8.81. The van der Waals surface area contributed by atoms with E-state index in [9.17, 15) is 9.59 Å². The molecule has 4 heteroatoms. The van der Waals surface area contributed by atoms with Gasteiger partial charge in [0, 0.05) is 18.2 Å². The Hall–Kier alpha value is -2.62. The summed E-state index contributed by atoms with van der Waals surface area (Å²) in [6.45, 7) is 12.2. The number of rotatable bonds is 2. The molecule has 0 fully saturated rings. The third-order valence-electron chi connectivity index (χ3n) is 4.44. The summed E-state index contributed by atoms with van der Waals surface area (Å²) in [6, 6.07) is 16.6. The minimum atomic E-state index is -0.553. The largest absolute Gasteiger partial charge is 0.272 e. The molecule has 2 aromatic rings. The van der Waals surface area contributed by atoms with Crippen molar-refractivity contribution in [2.75, 3.05) is 7.05 Å². The zero-order chi connectivity index (χ0) is 20.4. The lowest BCUT2D eigenvalue weighted by atomic mass is 9.86. The fraction of sp³-hybridized carbons (Fsp3) is 0.391. The maximum atomic E-state index is 13.1. The fourth-order valence-electron chi connectivity index (χ4n) is 2.98. The first-order valence-electron chi connectivity index (χ1n) is 9.21. The van der Waals surface area contributed by atoms with E-state index in [1.807, 2.05) is 63.2 Å². The van der Waals surface area contributed by atoms with Gasteiger partial charge in [-0.25, -0.2) is 10.0 Å². The van der Waals surface area contributed by atoms with Crippen LogP contribution >= 0.6 is 0 Å². The van der Waals surface area contributed by atoms with E-state index < -0.39 is 5.54 Å². The van der Waals surface area contributed by atoms with Gasteiger partial charge in [0.2, 0.25) is 0 Å². The van der Waals surface area contributed by atoms with E-state index in [1.54, 1.807) is 19.2 Å². The molecule has 0 radical (unpaired) electrons. The highest BCUT2D eigenvalue weighted by atomic mass is 16.2. The van der Waals surface area contributed by atoms with Crippen LogP contribution in [0.3, 0.4) is 0 Å². The highest BCUT2D eigenvalue weighted by Gasteiger charge is 2.34. The van der Waals surface area contributed by atoms with Gasteiger partial charge in [-0.1, -0.05) is 51.1 Å². The third-order valence-corrected chi connectivity index (χ3v) is 4.44. The molecule has 2 rings (SSSR count). The molecular weight excluding hydrogens is 336 g/mol. The van der Waals surface area contributed by atoms with Crippen LogP contribution in [-0.2, 0) is 5.41 Å². The first kappa shape index (κ1) is 20.7. The number of hydrazine groups is 1. The Balaban J connectivity index is 2.34. The molecule has 0 saturated carbocycles. The maximum Gasteiger partial charge on any atom is 0.272 e. The number of nitrogens with zero attached hydrogens (tertiary/aromatic N) is 2. The van der Waals surface area contributed by atoms with Gasteiger partial charge in [0.15, 0.2) is 0 Å². The quantitative estimate of drug-likeness (QED) is 0.709. The molecule has 4 nitrogen and oxygen atoms in total. The molecule has 2 aromatic carbocycles. The summed E-state index contributed by atoms with van der Waals surface area (Å²) >= 11 is 0. The number of benzene rings is 2. The number of carbonyl (C=O) groups is 2. The van der Waals surface area contributed by atoms with E-state index in [2.05, 4.69) is 20.8 Å². The second-order valence-electron chi connectivity index (χ2n) is 8.81. The molecule has 0 atom stereocenters. The van der Waals surface area contributed by atoms with Crippen LogP contribution in [0.1, 0.15) is 67.8 Å². The molecular formula is C23H30N2O2. The monoisotopic (exact) mass is 366 g/mol.